The Bertz CT molecular complexity index is 673. The molecule has 0 saturated carbocycles. The largest absolute Gasteiger partial charge is 0.481 e. The quantitative estimate of drug-likeness (QED) is 0.821. The highest BCUT2D eigenvalue weighted by Crippen LogP contribution is 2.19. The molecule has 0 spiro atoms. The van der Waals surface area contributed by atoms with Gasteiger partial charge in [0.2, 0.25) is 5.91 Å². The lowest BCUT2D eigenvalue weighted by molar-refractivity contribution is -0.145. The van der Waals surface area contributed by atoms with Crippen molar-refractivity contribution in [3.63, 3.8) is 0 Å². The van der Waals surface area contributed by atoms with Gasteiger partial charge in [-0.3, -0.25) is 14.4 Å². The second kappa shape index (κ2) is 9.39. The Morgan fingerprint density at radius 3 is 2.48 bits per heavy atom. The number of carboxylic acid groups (broad SMARTS) is 1. The van der Waals surface area contributed by atoms with Gasteiger partial charge in [-0.1, -0.05) is 17.7 Å². The summed E-state index contributed by atoms with van der Waals surface area (Å²) in [5, 5.41) is 9.03. The number of hydrogen-bond acceptors (Lipinski definition) is 4. The monoisotopic (exact) mass is 376 g/mol. The van der Waals surface area contributed by atoms with E-state index in [0.717, 1.165) is 12.0 Å². The molecule has 7 heteroatoms. The van der Waals surface area contributed by atoms with Crippen LogP contribution in [0, 0.1) is 6.92 Å². The maximum absolute atomic E-state index is 12.7. The molecular formula is C20H28N2O5. The van der Waals surface area contributed by atoms with Crippen LogP contribution in [-0.4, -0.2) is 64.5 Å². The minimum absolute atomic E-state index is 0.0937. The summed E-state index contributed by atoms with van der Waals surface area (Å²) in [6.07, 6.45) is 1.36. The molecule has 2 rings (SSSR count). The Morgan fingerprint density at radius 1 is 1.22 bits per heavy atom. The Hall–Kier alpha value is -2.57. The van der Waals surface area contributed by atoms with Crippen molar-refractivity contribution in [1.82, 2.24) is 9.80 Å². The summed E-state index contributed by atoms with van der Waals surface area (Å²) in [6, 6.07) is 7.39. The highest BCUT2D eigenvalue weighted by molar-refractivity contribution is 5.81. The molecule has 27 heavy (non-hydrogen) atoms. The van der Waals surface area contributed by atoms with E-state index in [1.165, 1.54) is 11.8 Å². The zero-order valence-corrected chi connectivity index (χ0v) is 16.2. The predicted molar refractivity (Wildman–Crippen MR) is 101 cm³/mol. The Balaban J connectivity index is 1.95. The van der Waals surface area contributed by atoms with Crippen molar-refractivity contribution in [2.75, 3.05) is 19.6 Å². The second-order valence-electron chi connectivity index (χ2n) is 7.02. The van der Waals surface area contributed by atoms with E-state index in [2.05, 4.69) is 0 Å². The van der Waals surface area contributed by atoms with Gasteiger partial charge in [-0.15, -0.1) is 0 Å². The maximum atomic E-state index is 12.7. The van der Waals surface area contributed by atoms with Crippen molar-refractivity contribution in [2.45, 2.75) is 52.2 Å². The predicted octanol–water partition coefficient (Wildman–Crippen LogP) is 2.08. The summed E-state index contributed by atoms with van der Waals surface area (Å²) < 4.78 is 5.76. The number of amides is 2. The van der Waals surface area contributed by atoms with Crippen LogP contribution in [0.15, 0.2) is 24.3 Å². The number of carbonyl (C=O) groups is 3. The zero-order valence-electron chi connectivity index (χ0n) is 16.2. The molecule has 0 bridgehead atoms. The number of ether oxygens (including phenoxy) is 1. The van der Waals surface area contributed by atoms with Crippen molar-refractivity contribution in [3.8, 4) is 5.75 Å². The number of aliphatic carboxylic acids is 1. The molecule has 2 atom stereocenters. The molecule has 2 amide bonds. The molecule has 148 valence electrons. The minimum atomic E-state index is -1.03. The van der Waals surface area contributed by atoms with Gasteiger partial charge in [-0.2, -0.15) is 0 Å². The van der Waals surface area contributed by atoms with E-state index in [1.807, 2.05) is 31.2 Å². The first kappa shape index (κ1) is 20.7. The van der Waals surface area contributed by atoms with Crippen molar-refractivity contribution >= 4 is 17.8 Å². The van der Waals surface area contributed by atoms with Crippen LogP contribution in [0.5, 0.6) is 5.75 Å². The average molecular weight is 376 g/mol. The van der Waals surface area contributed by atoms with Gasteiger partial charge in [0.1, 0.15) is 12.3 Å². The number of rotatable bonds is 6. The average Bonchev–Trinajstić information content (AvgIpc) is 2.86. The summed E-state index contributed by atoms with van der Waals surface area (Å²) in [5.41, 5.74) is 1.12. The molecular weight excluding hydrogens is 348 g/mol. The Morgan fingerprint density at radius 2 is 1.89 bits per heavy atom. The highest BCUT2D eigenvalue weighted by Gasteiger charge is 2.29. The molecule has 1 heterocycles. The number of hydrogen-bond donors (Lipinski definition) is 1. The first-order chi connectivity index (χ1) is 12.8. The molecule has 2 unspecified atom stereocenters. The smallest absolute Gasteiger partial charge is 0.323 e. The van der Waals surface area contributed by atoms with E-state index in [-0.39, 0.29) is 24.4 Å². The second-order valence-corrected chi connectivity index (χ2v) is 7.02. The number of carbonyl (C=O) groups excluding carboxylic acids is 2. The lowest BCUT2D eigenvalue weighted by Crippen LogP contribution is -2.44. The van der Waals surface area contributed by atoms with Crippen LogP contribution in [-0.2, 0) is 14.4 Å². The molecule has 1 aromatic rings. The molecule has 1 aliphatic heterocycles. The van der Waals surface area contributed by atoms with Gasteiger partial charge in [0, 0.05) is 26.1 Å². The van der Waals surface area contributed by atoms with E-state index in [9.17, 15) is 14.4 Å². The Labute approximate surface area is 159 Å². The van der Waals surface area contributed by atoms with Gasteiger partial charge >= 0.3 is 5.97 Å². The van der Waals surface area contributed by atoms with E-state index in [1.54, 1.807) is 11.8 Å². The Kier molecular flexibility index (Phi) is 7.21. The third-order valence-electron chi connectivity index (χ3n) is 4.84. The molecule has 1 aliphatic rings. The fourth-order valence-corrected chi connectivity index (χ4v) is 3.38. The number of likely N-dealkylation sites (tertiary alicyclic amines) is 1. The summed E-state index contributed by atoms with van der Waals surface area (Å²) in [4.78, 5) is 38.7. The summed E-state index contributed by atoms with van der Waals surface area (Å²) >= 11 is 0. The van der Waals surface area contributed by atoms with E-state index >= 15 is 0 Å². The van der Waals surface area contributed by atoms with Crippen molar-refractivity contribution in [2.24, 2.45) is 0 Å². The van der Waals surface area contributed by atoms with Crippen LogP contribution in [0.4, 0.5) is 0 Å². The highest BCUT2D eigenvalue weighted by atomic mass is 16.5. The first-order valence-electron chi connectivity index (χ1n) is 9.29. The maximum Gasteiger partial charge on any atom is 0.323 e. The first-order valence-corrected chi connectivity index (χ1v) is 9.29. The fourth-order valence-electron chi connectivity index (χ4n) is 3.38. The molecule has 0 aliphatic carbocycles. The summed E-state index contributed by atoms with van der Waals surface area (Å²) in [6.45, 7) is 5.86. The van der Waals surface area contributed by atoms with Crippen LogP contribution in [0.1, 0.15) is 38.7 Å². The summed E-state index contributed by atoms with van der Waals surface area (Å²) in [7, 11) is 0. The molecule has 1 fully saturated rings. The van der Waals surface area contributed by atoms with Gasteiger partial charge in [0.25, 0.3) is 5.91 Å². The van der Waals surface area contributed by atoms with Crippen LogP contribution in [0.3, 0.4) is 0 Å². The minimum Gasteiger partial charge on any atom is -0.481 e. The SMILES string of the molecule is CC(=O)N(CC(=O)O)C1CCCN(C(=O)C(C)Oc2ccc(C)cc2)CC1. The molecule has 1 N–H and O–H groups in total. The molecule has 0 aromatic heterocycles. The van der Waals surface area contributed by atoms with Crippen molar-refractivity contribution in [3.05, 3.63) is 29.8 Å². The van der Waals surface area contributed by atoms with Crippen LogP contribution in [0.25, 0.3) is 0 Å². The van der Waals surface area contributed by atoms with E-state index in [0.29, 0.717) is 31.7 Å². The number of nitrogens with zero attached hydrogens (tertiary/aromatic N) is 2. The third-order valence-corrected chi connectivity index (χ3v) is 4.84. The molecule has 0 radical (unpaired) electrons. The topological polar surface area (TPSA) is 87.2 Å². The molecule has 1 saturated heterocycles. The van der Waals surface area contributed by atoms with Crippen LogP contribution in [0.2, 0.25) is 0 Å². The molecule has 1 aromatic carbocycles. The lowest BCUT2D eigenvalue weighted by Gasteiger charge is -2.29. The van der Waals surface area contributed by atoms with Gasteiger partial charge in [-0.25, -0.2) is 0 Å². The normalized spacial score (nSPS) is 18.3. The molecule has 7 nitrogen and oxygen atoms in total. The van der Waals surface area contributed by atoms with Crippen molar-refractivity contribution < 1.29 is 24.2 Å². The van der Waals surface area contributed by atoms with Crippen LogP contribution >= 0.6 is 0 Å². The van der Waals surface area contributed by atoms with Gasteiger partial charge in [0.15, 0.2) is 6.10 Å². The van der Waals surface area contributed by atoms with Crippen LogP contribution < -0.4 is 4.74 Å². The third kappa shape index (κ3) is 5.98. The number of benzene rings is 1. The standard InChI is InChI=1S/C20H28N2O5/c1-14-6-8-18(9-7-14)27-15(2)20(26)21-11-4-5-17(10-12-21)22(16(3)23)13-19(24)25/h6-9,15,17H,4-5,10-13H2,1-3H3,(H,24,25). The van der Waals surface area contributed by atoms with Gasteiger partial charge in [-0.05, 0) is 45.2 Å². The van der Waals surface area contributed by atoms with Gasteiger partial charge in [0.05, 0.1) is 0 Å². The zero-order chi connectivity index (χ0) is 20.0. The fraction of sp³-hybridized carbons (Fsp3) is 0.550. The van der Waals surface area contributed by atoms with E-state index in [4.69, 9.17) is 9.84 Å². The lowest BCUT2D eigenvalue weighted by atomic mass is 10.1. The number of aryl methyl sites for hydroxylation is 1. The van der Waals surface area contributed by atoms with E-state index < -0.39 is 12.1 Å². The van der Waals surface area contributed by atoms with Gasteiger partial charge < -0.3 is 19.6 Å². The van der Waals surface area contributed by atoms with Crippen molar-refractivity contribution in [1.29, 1.82) is 0 Å². The summed E-state index contributed by atoms with van der Waals surface area (Å²) in [5.74, 6) is -0.719. The number of carboxylic acids is 1.